The van der Waals surface area contributed by atoms with Crippen molar-refractivity contribution in [2.24, 2.45) is 4.99 Å². The van der Waals surface area contributed by atoms with Crippen molar-refractivity contribution in [2.45, 2.75) is 26.3 Å². The average molecular weight is 458 g/mol. The number of benzene rings is 1. The van der Waals surface area contributed by atoms with Gasteiger partial charge in [0.05, 0.1) is 12.2 Å². The van der Waals surface area contributed by atoms with Crippen LogP contribution in [0.15, 0.2) is 46.0 Å². The van der Waals surface area contributed by atoms with Gasteiger partial charge in [-0.25, -0.2) is 4.98 Å². The number of unbranched alkanes of at least 4 members (excludes halogenated alkanes) is 1. The lowest BCUT2D eigenvalue weighted by atomic mass is 10.2. The van der Waals surface area contributed by atoms with Crippen molar-refractivity contribution >= 4 is 29.9 Å². The second-order valence-electron chi connectivity index (χ2n) is 5.27. The van der Waals surface area contributed by atoms with Crippen LogP contribution < -0.4 is 10.6 Å². The summed E-state index contributed by atoms with van der Waals surface area (Å²) in [4.78, 5) is 8.70. The fraction of sp³-hybridized carbons (Fsp3) is 0.444. The summed E-state index contributed by atoms with van der Waals surface area (Å²) >= 11 is 0. The van der Waals surface area contributed by atoms with Crippen LogP contribution in [0.1, 0.15) is 25.5 Å². The van der Waals surface area contributed by atoms with Gasteiger partial charge in [0.15, 0.2) is 5.96 Å². The van der Waals surface area contributed by atoms with Gasteiger partial charge in [-0.15, -0.1) is 24.0 Å². The van der Waals surface area contributed by atoms with Crippen molar-refractivity contribution in [2.75, 3.05) is 26.8 Å². The number of rotatable bonds is 9. The molecule has 1 aromatic heterocycles. The van der Waals surface area contributed by atoms with Crippen LogP contribution in [0.5, 0.6) is 0 Å². The highest BCUT2D eigenvalue weighted by Crippen LogP contribution is 2.17. The zero-order valence-electron chi connectivity index (χ0n) is 14.8. The van der Waals surface area contributed by atoms with Gasteiger partial charge in [0.1, 0.15) is 6.26 Å². The van der Waals surface area contributed by atoms with E-state index in [1.165, 1.54) is 0 Å². The maximum absolute atomic E-state index is 5.53. The summed E-state index contributed by atoms with van der Waals surface area (Å²) in [5.41, 5.74) is 1.81. The lowest BCUT2D eigenvalue weighted by Crippen LogP contribution is -2.37. The van der Waals surface area contributed by atoms with E-state index in [2.05, 4.69) is 20.6 Å². The molecule has 0 amide bonds. The minimum absolute atomic E-state index is 0. The van der Waals surface area contributed by atoms with E-state index >= 15 is 0 Å². The van der Waals surface area contributed by atoms with E-state index in [4.69, 9.17) is 9.15 Å². The summed E-state index contributed by atoms with van der Waals surface area (Å²) in [7, 11) is 1.76. The number of nitrogens with one attached hydrogen (secondary N) is 2. The van der Waals surface area contributed by atoms with Crippen LogP contribution in [0.25, 0.3) is 11.5 Å². The molecule has 1 heterocycles. The van der Waals surface area contributed by atoms with Crippen LogP contribution in [0.4, 0.5) is 0 Å². The van der Waals surface area contributed by atoms with Crippen LogP contribution in [-0.2, 0) is 11.3 Å². The standard InChI is InChI=1S/C18H26N4O2.HI/c1-3-23-12-8-7-11-20-18(19-2)21-13-16-14-24-17(22-16)15-9-5-4-6-10-15;/h4-6,9-10,14H,3,7-8,11-13H2,1-2H3,(H2,19,20,21);1H. The highest BCUT2D eigenvalue weighted by atomic mass is 127. The first kappa shape index (κ1) is 21.4. The Hall–Kier alpha value is -1.61. The zero-order chi connectivity index (χ0) is 17.0. The second kappa shape index (κ2) is 12.7. The molecule has 0 saturated heterocycles. The predicted molar refractivity (Wildman–Crippen MR) is 111 cm³/mol. The predicted octanol–water partition coefficient (Wildman–Crippen LogP) is 3.44. The Morgan fingerprint density at radius 2 is 2.00 bits per heavy atom. The first-order valence-corrected chi connectivity index (χ1v) is 8.35. The quantitative estimate of drug-likeness (QED) is 0.261. The van der Waals surface area contributed by atoms with Gasteiger partial charge in [0, 0.05) is 32.4 Å². The molecule has 7 heteroatoms. The average Bonchev–Trinajstić information content (AvgIpc) is 3.10. The summed E-state index contributed by atoms with van der Waals surface area (Å²) in [6, 6.07) is 9.86. The molecule has 2 N–H and O–H groups in total. The third-order valence-electron chi connectivity index (χ3n) is 3.45. The summed E-state index contributed by atoms with van der Waals surface area (Å²) in [6.07, 6.45) is 3.76. The SMILES string of the molecule is CCOCCCCNC(=NC)NCc1coc(-c2ccccc2)n1.I. The molecule has 2 aromatic rings. The smallest absolute Gasteiger partial charge is 0.226 e. The summed E-state index contributed by atoms with van der Waals surface area (Å²) in [5, 5.41) is 6.52. The van der Waals surface area contributed by atoms with E-state index in [0.29, 0.717) is 12.4 Å². The van der Waals surface area contributed by atoms with Crippen molar-refractivity contribution in [1.29, 1.82) is 0 Å². The van der Waals surface area contributed by atoms with E-state index in [1.807, 2.05) is 37.3 Å². The molecule has 2 rings (SSSR count). The zero-order valence-corrected chi connectivity index (χ0v) is 17.2. The fourth-order valence-corrected chi connectivity index (χ4v) is 2.18. The normalized spacial score (nSPS) is 11.0. The Bertz CT molecular complexity index is 617. The minimum Gasteiger partial charge on any atom is -0.444 e. The van der Waals surface area contributed by atoms with Gasteiger partial charge >= 0.3 is 0 Å². The largest absolute Gasteiger partial charge is 0.444 e. The van der Waals surface area contributed by atoms with E-state index in [-0.39, 0.29) is 24.0 Å². The van der Waals surface area contributed by atoms with Gasteiger partial charge in [-0.3, -0.25) is 4.99 Å². The minimum atomic E-state index is 0. The van der Waals surface area contributed by atoms with Crippen molar-refractivity contribution < 1.29 is 9.15 Å². The maximum atomic E-state index is 5.53. The van der Waals surface area contributed by atoms with Crippen LogP contribution >= 0.6 is 24.0 Å². The molecule has 0 fully saturated rings. The number of aliphatic imine (C=N–C) groups is 1. The first-order valence-electron chi connectivity index (χ1n) is 8.35. The van der Waals surface area contributed by atoms with Gasteiger partial charge in [-0.1, -0.05) is 18.2 Å². The number of ether oxygens (including phenoxy) is 1. The lowest BCUT2D eigenvalue weighted by molar-refractivity contribution is 0.143. The van der Waals surface area contributed by atoms with E-state index < -0.39 is 0 Å². The van der Waals surface area contributed by atoms with Crippen LogP contribution in [0.2, 0.25) is 0 Å². The van der Waals surface area contributed by atoms with Crippen LogP contribution in [-0.4, -0.2) is 37.7 Å². The van der Waals surface area contributed by atoms with Crippen LogP contribution in [0, 0.1) is 0 Å². The molecule has 0 aliphatic heterocycles. The van der Waals surface area contributed by atoms with Gasteiger partial charge in [-0.05, 0) is 31.9 Å². The molecule has 138 valence electrons. The monoisotopic (exact) mass is 458 g/mol. The number of hydrogen-bond donors (Lipinski definition) is 2. The molecular formula is C18H27IN4O2. The number of oxazole rings is 1. The molecule has 25 heavy (non-hydrogen) atoms. The molecule has 6 nitrogen and oxygen atoms in total. The molecule has 0 bridgehead atoms. The molecule has 1 aromatic carbocycles. The van der Waals surface area contributed by atoms with E-state index in [0.717, 1.165) is 49.8 Å². The Kier molecular flexibility index (Phi) is 10.9. The Labute approximate surface area is 166 Å². The fourth-order valence-electron chi connectivity index (χ4n) is 2.18. The van der Waals surface area contributed by atoms with Crippen LogP contribution in [0.3, 0.4) is 0 Å². The Morgan fingerprint density at radius 1 is 1.20 bits per heavy atom. The Morgan fingerprint density at radius 3 is 2.72 bits per heavy atom. The molecule has 0 unspecified atom stereocenters. The van der Waals surface area contributed by atoms with Crippen molar-refractivity contribution in [3.05, 3.63) is 42.3 Å². The highest BCUT2D eigenvalue weighted by Gasteiger charge is 2.06. The summed E-state index contributed by atoms with van der Waals surface area (Å²) in [5.74, 6) is 1.39. The summed E-state index contributed by atoms with van der Waals surface area (Å²) < 4.78 is 10.8. The molecule has 0 aliphatic carbocycles. The van der Waals surface area contributed by atoms with Crippen molar-refractivity contribution in [3.8, 4) is 11.5 Å². The number of guanidine groups is 1. The van der Waals surface area contributed by atoms with E-state index in [9.17, 15) is 0 Å². The highest BCUT2D eigenvalue weighted by molar-refractivity contribution is 14.0. The molecular weight excluding hydrogens is 431 g/mol. The topological polar surface area (TPSA) is 71.7 Å². The maximum Gasteiger partial charge on any atom is 0.226 e. The van der Waals surface area contributed by atoms with Gasteiger partial charge in [0.25, 0.3) is 0 Å². The van der Waals surface area contributed by atoms with Gasteiger partial charge in [0.2, 0.25) is 5.89 Å². The van der Waals surface area contributed by atoms with E-state index in [1.54, 1.807) is 13.3 Å². The Balaban J connectivity index is 0.00000312. The number of halogens is 1. The molecule has 0 radical (unpaired) electrons. The van der Waals surface area contributed by atoms with Crippen molar-refractivity contribution in [1.82, 2.24) is 15.6 Å². The number of nitrogens with zero attached hydrogens (tertiary/aromatic N) is 2. The molecule has 0 aliphatic rings. The third kappa shape index (κ3) is 7.87. The molecule has 0 atom stereocenters. The second-order valence-corrected chi connectivity index (χ2v) is 5.27. The number of aromatic nitrogens is 1. The number of hydrogen-bond acceptors (Lipinski definition) is 4. The first-order chi connectivity index (χ1) is 11.8. The molecule has 0 saturated carbocycles. The van der Waals surface area contributed by atoms with Crippen molar-refractivity contribution in [3.63, 3.8) is 0 Å². The van der Waals surface area contributed by atoms with Gasteiger partial charge < -0.3 is 19.8 Å². The molecule has 0 spiro atoms. The lowest BCUT2D eigenvalue weighted by Gasteiger charge is -2.10. The van der Waals surface area contributed by atoms with Gasteiger partial charge in [-0.2, -0.15) is 0 Å². The summed E-state index contributed by atoms with van der Waals surface area (Å²) in [6.45, 7) is 5.03. The third-order valence-corrected chi connectivity index (χ3v) is 3.45.